The van der Waals surface area contributed by atoms with Crippen LogP contribution >= 0.6 is 11.3 Å². The molecule has 0 aliphatic heterocycles. The first-order valence-electron chi connectivity index (χ1n) is 10.0. The molecule has 0 unspecified atom stereocenters. The van der Waals surface area contributed by atoms with E-state index in [0.717, 1.165) is 4.90 Å². The number of benzene rings is 2. The molecule has 0 aliphatic carbocycles. The maximum atomic E-state index is 13.1. The van der Waals surface area contributed by atoms with Crippen molar-refractivity contribution in [3.63, 3.8) is 0 Å². The third kappa shape index (κ3) is 4.89. The quantitative estimate of drug-likeness (QED) is 0.214. The van der Waals surface area contributed by atoms with Crippen LogP contribution in [0.25, 0.3) is 0 Å². The van der Waals surface area contributed by atoms with Crippen molar-refractivity contribution in [2.45, 2.75) is 20.8 Å². The van der Waals surface area contributed by atoms with Gasteiger partial charge in [0.1, 0.15) is 22.1 Å². The first-order chi connectivity index (χ1) is 16.1. The van der Waals surface area contributed by atoms with E-state index in [9.17, 15) is 29.6 Å². The first-order valence-corrected chi connectivity index (χ1v) is 10.8. The number of nitrogens with zero attached hydrogens (tertiary/aromatic N) is 2. The van der Waals surface area contributed by atoms with Crippen molar-refractivity contribution in [2.24, 2.45) is 0 Å². The zero-order chi connectivity index (χ0) is 25.0. The lowest BCUT2D eigenvalue weighted by molar-refractivity contribution is -0.379. The number of nitro groups is 1. The second kappa shape index (κ2) is 10.1. The number of carbonyl (C=O) groups excluding carboxylic acids is 2. The number of hydrogen-bond acceptors (Lipinski definition) is 8. The maximum Gasteiger partial charge on any atom is 0.397 e. The van der Waals surface area contributed by atoms with Gasteiger partial charge in [-0.1, -0.05) is 35.6 Å². The molecule has 0 radical (unpaired) electrons. The second-order valence-electron chi connectivity index (χ2n) is 7.00. The average molecular weight is 484 g/mol. The number of ether oxygens (including phenoxy) is 2. The Kier molecular flexibility index (Phi) is 7.27. The monoisotopic (exact) mass is 484 g/mol. The van der Waals surface area contributed by atoms with Crippen LogP contribution in [0.15, 0.2) is 48.5 Å². The summed E-state index contributed by atoms with van der Waals surface area (Å²) in [5, 5.41) is 20.7. The number of carbonyl (C=O) groups is 3. The van der Waals surface area contributed by atoms with Crippen molar-refractivity contribution < 1.29 is 33.9 Å². The number of amides is 1. The van der Waals surface area contributed by atoms with Gasteiger partial charge in [-0.25, -0.2) is 9.59 Å². The minimum atomic E-state index is -1.39. The summed E-state index contributed by atoms with van der Waals surface area (Å²) in [5.74, 6) is -3.00. The standard InChI is InChI=1S/C23H20N2O8S/c1-4-32-23(29)20(26)24(18-14(3)19(22(27)28)34-21(18)25(30)31)15-11-10-13(2)17(12-15)33-16-8-6-5-7-9-16/h5-12H,4H2,1-3H3,(H,27,28). The zero-order valence-electron chi connectivity index (χ0n) is 18.4. The number of carboxylic acid groups (broad SMARTS) is 1. The minimum Gasteiger partial charge on any atom is -0.477 e. The molecule has 3 aromatic rings. The molecule has 176 valence electrons. The van der Waals surface area contributed by atoms with E-state index in [-0.39, 0.29) is 28.4 Å². The fourth-order valence-corrected chi connectivity index (χ4v) is 4.11. The van der Waals surface area contributed by atoms with Gasteiger partial charge < -0.3 is 14.6 Å². The van der Waals surface area contributed by atoms with Crippen LogP contribution in [-0.4, -0.2) is 34.5 Å². The number of anilines is 2. The predicted molar refractivity (Wildman–Crippen MR) is 124 cm³/mol. The van der Waals surface area contributed by atoms with Gasteiger partial charge >= 0.3 is 22.8 Å². The van der Waals surface area contributed by atoms with E-state index in [0.29, 0.717) is 28.4 Å². The molecule has 1 amide bonds. The summed E-state index contributed by atoms with van der Waals surface area (Å²) in [7, 11) is 0. The summed E-state index contributed by atoms with van der Waals surface area (Å²) in [6.45, 7) is 4.51. The van der Waals surface area contributed by atoms with Gasteiger partial charge in [0.25, 0.3) is 0 Å². The van der Waals surface area contributed by atoms with E-state index in [1.54, 1.807) is 37.3 Å². The fraction of sp³-hybridized carbons (Fsp3) is 0.174. The summed E-state index contributed by atoms with van der Waals surface area (Å²) < 4.78 is 10.7. The summed E-state index contributed by atoms with van der Waals surface area (Å²) in [4.78, 5) is 48.6. The van der Waals surface area contributed by atoms with Gasteiger partial charge in [0, 0.05) is 11.6 Å². The molecule has 2 aromatic carbocycles. The molecule has 0 saturated carbocycles. The highest BCUT2D eigenvalue weighted by Crippen LogP contribution is 2.45. The normalized spacial score (nSPS) is 10.4. The molecule has 0 saturated heterocycles. The van der Waals surface area contributed by atoms with Crippen LogP contribution in [0.4, 0.5) is 16.4 Å². The number of aromatic carboxylic acids is 1. The number of rotatable bonds is 7. The van der Waals surface area contributed by atoms with E-state index < -0.39 is 27.8 Å². The van der Waals surface area contributed by atoms with E-state index in [1.807, 2.05) is 6.07 Å². The molecule has 34 heavy (non-hydrogen) atoms. The number of aryl methyl sites for hydroxylation is 1. The number of thiophene rings is 1. The third-order valence-electron chi connectivity index (χ3n) is 4.73. The van der Waals surface area contributed by atoms with Crippen LogP contribution in [0.3, 0.4) is 0 Å². The van der Waals surface area contributed by atoms with E-state index >= 15 is 0 Å². The predicted octanol–water partition coefficient (Wildman–Crippen LogP) is 4.99. The van der Waals surface area contributed by atoms with Crippen molar-refractivity contribution in [3.05, 3.63) is 74.6 Å². The summed E-state index contributed by atoms with van der Waals surface area (Å²) in [6, 6.07) is 13.3. The zero-order valence-corrected chi connectivity index (χ0v) is 19.3. The van der Waals surface area contributed by atoms with Crippen molar-refractivity contribution in [3.8, 4) is 11.5 Å². The lowest BCUT2D eigenvalue weighted by atomic mass is 10.1. The Morgan fingerprint density at radius 1 is 1.12 bits per heavy atom. The molecule has 0 fully saturated rings. The van der Waals surface area contributed by atoms with Crippen molar-refractivity contribution in [1.29, 1.82) is 0 Å². The van der Waals surface area contributed by atoms with Gasteiger partial charge in [-0.3, -0.25) is 19.8 Å². The maximum absolute atomic E-state index is 13.1. The Morgan fingerprint density at radius 3 is 2.38 bits per heavy atom. The molecule has 0 bridgehead atoms. The molecular weight excluding hydrogens is 464 g/mol. The lowest BCUT2D eigenvalue weighted by Gasteiger charge is -2.22. The van der Waals surface area contributed by atoms with Crippen LogP contribution in [-0.2, 0) is 14.3 Å². The third-order valence-corrected chi connectivity index (χ3v) is 5.96. The highest BCUT2D eigenvalue weighted by molar-refractivity contribution is 7.18. The molecule has 3 rings (SSSR count). The number of hydrogen-bond donors (Lipinski definition) is 1. The molecule has 0 aliphatic rings. The largest absolute Gasteiger partial charge is 0.477 e. The molecule has 11 heteroatoms. The Bertz CT molecular complexity index is 1270. The Balaban J connectivity index is 2.22. The van der Waals surface area contributed by atoms with Gasteiger partial charge in [-0.05, 0) is 44.5 Å². The molecule has 1 heterocycles. The fourth-order valence-electron chi connectivity index (χ4n) is 3.17. The summed E-state index contributed by atoms with van der Waals surface area (Å²) in [5.41, 5.74) is 0.405. The number of esters is 1. The molecular formula is C23H20N2O8S. The Hall–Kier alpha value is -4.25. The minimum absolute atomic E-state index is 0.0343. The first kappa shape index (κ1) is 24.4. The molecule has 1 aromatic heterocycles. The Morgan fingerprint density at radius 2 is 1.79 bits per heavy atom. The van der Waals surface area contributed by atoms with Crippen LogP contribution in [0.2, 0.25) is 0 Å². The number of para-hydroxylation sites is 1. The van der Waals surface area contributed by atoms with Crippen molar-refractivity contribution in [2.75, 3.05) is 11.5 Å². The topological polar surface area (TPSA) is 136 Å². The van der Waals surface area contributed by atoms with Gasteiger partial charge in [-0.2, -0.15) is 0 Å². The van der Waals surface area contributed by atoms with Gasteiger partial charge in [0.15, 0.2) is 0 Å². The molecule has 0 spiro atoms. The highest BCUT2D eigenvalue weighted by Gasteiger charge is 2.37. The van der Waals surface area contributed by atoms with Gasteiger partial charge in [0.05, 0.1) is 17.2 Å². The van der Waals surface area contributed by atoms with Crippen LogP contribution in [0.1, 0.15) is 27.7 Å². The number of carboxylic acids is 1. The molecule has 0 atom stereocenters. The van der Waals surface area contributed by atoms with Crippen LogP contribution < -0.4 is 9.64 Å². The van der Waals surface area contributed by atoms with Crippen LogP contribution in [0, 0.1) is 24.0 Å². The lowest BCUT2D eigenvalue weighted by Crippen LogP contribution is -2.34. The van der Waals surface area contributed by atoms with Crippen molar-refractivity contribution >= 4 is 45.6 Å². The average Bonchev–Trinajstić information content (AvgIpc) is 3.14. The van der Waals surface area contributed by atoms with Gasteiger partial charge in [0.2, 0.25) is 0 Å². The summed E-state index contributed by atoms with van der Waals surface area (Å²) >= 11 is 0.402. The smallest absolute Gasteiger partial charge is 0.397 e. The van der Waals surface area contributed by atoms with E-state index in [4.69, 9.17) is 9.47 Å². The summed E-state index contributed by atoms with van der Waals surface area (Å²) in [6.07, 6.45) is 0. The second-order valence-corrected chi connectivity index (χ2v) is 8.00. The Labute approximate surface area is 198 Å². The van der Waals surface area contributed by atoms with E-state index in [2.05, 4.69) is 0 Å². The molecule has 10 nitrogen and oxygen atoms in total. The van der Waals surface area contributed by atoms with Crippen molar-refractivity contribution in [1.82, 2.24) is 0 Å². The van der Waals surface area contributed by atoms with Gasteiger partial charge in [-0.15, -0.1) is 0 Å². The van der Waals surface area contributed by atoms with Crippen LogP contribution in [0.5, 0.6) is 11.5 Å². The highest BCUT2D eigenvalue weighted by atomic mass is 32.1. The van der Waals surface area contributed by atoms with E-state index in [1.165, 1.54) is 26.0 Å². The SMILES string of the molecule is CCOC(=O)C(=O)N(c1ccc(C)c(Oc2ccccc2)c1)c1c([N+](=O)[O-])sc(C(=O)O)c1C. The molecule has 1 N–H and O–H groups in total.